The van der Waals surface area contributed by atoms with Gasteiger partial charge in [-0.3, -0.25) is 0 Å². The van der Waals surface area contributed by atoms with E-state index < -0.39 is 0 Å². The molecule has 2 nitrogen and oxygen atoms in total. The van der Waals surface area contributed by atoms with Crippen LogP contribution in [0.15, 0.2) is 12.7 Å². The predicted octanol–water partition coefficient (Wildman–Crippen LogP) is 2.26. The Labute approximate surface area is 89.2 Å². The van der Waals surface area contributed by atoms with Crippen LogP contribution in [0.25, 0.3) is 0 Å². The molecule has 0 aromatic rings. The molecule has 0 aliphatic rings. The fourth-order valence-corrected chi connectivity index (χ4v) is 1.21. The fourth-order valence-electron chi connectivity index (χ4n) is 1.21. The van der Waals surface area contributed by atoms with E-state index in [1.807, 2.05) is 6.08 Å². The van der Waals surface area contributed by atoms with Gasteiger partial charge in [-0.25, -0.2) is 0 Å². The second-order valence-corrected chi connectivity index (χ2v) is 5.17. The average Bonchev–Trinajstić information content (AvgIpc) is 2.03. The summed E-state index contributed by atoms with van der Waals surface area (Å²) >= 11 is 0. The summed E-state index contributed by atoms with van der Waals surface area (Å²) in [7, 11) is 2.13. The molecule has 0 saturated heterocycles. The number of unbranched alkanes of at least 4 members (excludes halogenated alkanes) is 1. The van der Waals surface area contributed by atoms with E-state index in [0.29, 0.717) is 0 Å². The van der Waals surface area contributed by atoms with Gasteiger partial charge in [0.25, 0.3) is 0 Å². The van der Waals surface area contributed by atoms with Gasteiger partial charge in [-0.1, -0.05) is 26.8 Å². The second kappa shape index (κ2) is 6.20. The summed E-state index contributed by atoms with van der Waals surface area (Å²) in [5.74, 6) is 0. The molecule has 0 aliphatic heterocycles. The van der Waals surface area contributed by atoms with E-state index in [2.05, 4.69) is 39.3 Å². The molecule has 0 saturated carbocycles. The Morgan fingerprint density at radius 2 is 2.00 bits per heavy atom. The third-order valence-electron chi connectivity index (χ3n) is 2.57. The van der Waals surface area contributed by atoms with Gasteiger partial charge in [0.2, 0.25) is 0 Å². The van der Waals surface area contributed by atoms with Crippen LogP contribution in [0.2, 0.25) is 0 Å². The van der Waals surface area contributed by atoms with Crippen molar-refractivity contribution in [2.45, 2.75) is 39.7 Å². The van der Waals surface area contributed by atoms with Gasteiger partial charge in [0, 0.05) is 12.6 Å². The molecule has 2 N–H and O–H groups in total. The highest BCUT2D eigenvalue weighted by molar-refractivity contribution is 4.79. The summed E-state index contributed by atoms with van der Waals surface area (Å²) < 4.78 is 0. The number of allylic oxidation sites excluding steroid dienone is 1. The lowest BCUT2D eigenvalue weighted by molar-refractivity contribution is 0.226. The number of rotatable bonds is 6. The van der Waals surface area contributed by atoms with E-state index in [-0.39, 0.29) is 11.5 Å². The molecule has 0 aliphatic carbocycles. The van der Waals surface area contributed by atoms with Crippen LogP contribution < -0.4 is 5.73 Å². The molecule has 0 aromatic carbocycles. The van der Waals surface area contributed by atoms with Crippen molar-refractivity contribution in [1.29, 1.82) is 0 Å². The van der Waals surface area contributed by atoms with E-state index in [0.717, 1.165) is 19.5 Å². The van der Waals surface area contributed by atoms with Crippen molar-refractivity contribution >= 4 is 0 Å². The average molecular weight is 198 g/mol. The summed E-state index contributed by atoms with van der Waals surface area (Å²) in [5.41, 5.74) is 6.30. The fraction of sp³-hybridized carbons (Fsp3) is 0.833. The van der Waals surface area contributed by atoms with Crippen LogP contribution in [-0.4, -0.2) is 31.1 Å². The van der Waals surface area contributed by atoms with Gasteiger partial charge in [-0.15, -0.1) is 6.58 Å². The lowest BCUT2D eigenvalue weighted by Gasteiger charge is -2.30. The van der Waals surface area contributed by atoms with Crippen molar-refractivity contribution in [2.24, 2.45) is 11.1 Å². The van der Waals surface area contributed by atoms with Crippen LogP contribution in [-0.2, 0) is 0 Å². The van der Waals surface area contributed by atoms with Gasteiger partial charge < -0.3 is 10.6 Å². The molecule has 1 unspecified atom stereocenters. The van der Waals surface area contributed by atoms with Crippen molar-refractivity contribution in [3.8, 4) is 0 Å². The van der Waals surface area contributed by atoms with Crippen molar-refractivity contribution in [3.05, 3.63) is 12.7 Å². The Morgan fingerprint density at radius 1 is 1.43 bits per heavy atom. The summed E-state index contributed by atoms with van der Waals surface area (Å²) in [6.07, 6.45) is 4.24. The van der Waals surface area contributed by atoms with Gasteiger partial charge in [-0.05, 0) is 31.8 Å². The molecule has 2 heteroatoms. The Morgan fingerprint density at radius 3 is 2.43 bits per heavy atom. The topological polar surface area (TPSA) is 29.3 Å². The van der Waals surface area contributed by atoms with Crippen molar-refractivity contribution < 1.29 is 0 Å². The highest BCUT2D eigenvalue weighted by Crippen LogP contribution is 2.17. The largest absolute Gasteiger partial charge is 0.326 e. The molecule has 0 radical (unpaired) electrons. The van der Waals surface area contributed by atoms with Crippen LogP contribution in [0.5, 0.6) is 0 Å². The minimum absolute atomic E-state index is 0.201. The molecule has 0 fully saturated rings. The Balaban J connectivity index is 3.71. The standard InChI is InChI=1S/C12H26N2/c1-6-7-8-9-14(5)10-11(13)12(2,3)4/h6,11H,1,7-10,13H2,2-5H3. The smallest absolute Gasteiger partial charge is 0.0217 e. The van der Waals surface area contributed by atoms with Gasteiger partial charge >= 0.3 is 0 Å². The third-order valence-corrected chi connectivity index (χ3v) is 2.57. The summed E-state index contributed by atoms with van der Waals surface area (Å²) in [5, 5.41) is 0. The molecule has 0 rings (SSSR count). The van der Waals surface area contributed by atoms with E-state index in [1.54, 1.807) is 0 Å². The SMILES string of the molecule is C=CCCCN(C)CC(N)C(C)(C)C. The van der Waals surface area contributed by atoms with E-state index in [1.165, 1.54) is 6.42 Å². The minimum Gasteiger partial charge on any atom is -0.326 e. The predicted molar refractivity (Wildman–Crippen MR) is 64.4 cm³/mol. The number of nitrogens with two attached hydrogens (primary N) is 1. The lowest BCUT2D eigenvalue weighted by Crippen LogP contribution is -2.44. The van der Waals surface area contributed by atoms with E-state index in [9.17, 15) is 0 Å². The van der Waals surface area contributed by atoms with Gasteiger partial charge in [-0.2, -0.15) is 0 Å². The maximum absolute atomic E-state index is 6.09. The highest BCUT2D eigenvalue weighted by Gasteiger charge is 2.21. The molecular weight excluding hydrogens is 172 g/mol. The van der Waals surface area contributed by atoms with Crippen LogP contribution in [0.3, 0.4) is 0 Å². The summed E-state index contributed by atoms with van der Waals surface area (Å²) in [6, 6.07) is 0.247. The van der Waals surface area contributed by atoms with Crippen molar-refractivity contribution in [1.82, 2.24) is 4.90 Å². The molecule has 0 amide bonds. The number of likely N-dealkylation sites (N-methyl/N-ethyl adjacent to an activating group) is 1. The first-order chi connectivity index (χ1) is 6.38. The van der Waals surface area contributed by atoms with Gasteiger partial charge in [0.15, 0.2) is 0 Å². The van der Waals surface area contributed by atoms with Gasteiger partial charge in [0.1, 0.15) is 0 Å². The molecule has 14 heavy (non-hydrogen) atoms. The quantitative estimate of drug-likeness (QED) is 0.524. The first kappa shape index (κ1) is 13.7. The van der Waals surface area contributed by atoms with Crippen LogP contribution in [0.4, 0.5) is 0 Å². The molecular formula is C12H26N2. The van der Waals surface area contributed by atoms with Crippen molar-refractivity contribution in [2.75, 3.05) is 20.1 Å². The normalized spacial score (nSPS) is 14.4. The van der Waals surface area contributed by atoms with E-state index >= 15 is 0 Å². The third kappa shape index (κ3) is 6.17. The Bertz CT molecular complexity index is 158. The minimum atomic E-state index is 0.201. The zero-order valence-electron chi connectivity index (χ0n) is 10.2. The number of hydrogen-bond acceptors (Lipinski definition) is 2. The van der Waals surface area contributed by atoms with Crippen LogP contribution in [0, 0.1) is 5.41 Å². The van der Waals surface area contributed by atoms with Crippen LogP contribution >= 0.6 is 0 Å². The molecule has 84 valence electrons. The first-order valence-electron chi connectivity index (χ1n) is 5.43. The zero-order valence-corrected chi connectivity index (χ0v) is 10.2. The maximum atomic E-state index is 6.09. The monoisotopic (exact) mass is 198 g/mol. The second-order valence-electron chi connectivity index (χ2n) is 5.17. The maximum Gasteiger partial charge on any atom is 0.0217 e. The van der Waals surface area contributed by atoms with Crippen LogP contribution in [0.1, 0.15) is 33.6 Å². The highest BCUT2D eigenvalue weighted by atomic mass is 15.1. The van der Waals surface area contributed by atoms with E-state index in [4.69, 9.17) is 5.73 Å². The zero-order chi connectivity index (χ0) is 11.2. The molecule has 1 atom stereocenters. The molecule has 0 spiro atoms. The first-order valence-corrected chi connectivity index (χ1v) is 5.43. The number of nitrogens with zero attached hydrogens (tertiary/aromatic N) is 1. The summed E-state index contributed by atoms with van der Waals surface area (Å²) in [4.78, 5) is 2.30. The van der Waals surface area contributed by atoms with Gasteiger partial charge in [0.05, 0.1) is 0 Å². The number of hydrogen-bond donors (Lipinski definition) is 1. The van der Waals surface area contributed by atoms with Crippen molar-refractivity contribution in [3.63, 3.8) is 0 Å². The molecule has 0 heterocycles. The Hall–Kier alpha value is -0.340. The summed E-state index contributed by atoms with van der Waals surface area (Å²) in [6.45, 7) is 12.4. The Kier molecular flexibility index (Phi) is 6.05. The lowest BCUT2D eigenvalue weighted by atomic mass is 9.87. The molecule has 0 aromatic heterocycles. The molecule has 0 bridgehead atoms.